The molecule has 0 bridgehead atoms. The van der Waals surface area contributed by atoms with Gasteiger partial charge in [-0.1, -0.05) is 36.8 Å². The molecule has 4 heteroatoms. The lowest BCUT2D eigenvalue weighted by Gasteiger charge is -2.16. The van der Waals surface area contributed by atoms with E-state index in [0.29, 0.717) is 0 Å². The standard InChI is InChI=1S/C19H22N2OS/c1-12-4-7-15(8-5-12)14(3)20-21-19(22)18-11-16-10-13(2)6-9-17(16)23-18/h4-5,7-8,11,13H,6,9-10H2,1-3H3,(H,21,22)/b20-14-/t13-/m0/s1. The number of benzene rings is 1. The quantitative estimate of drug-likeness (QED) is 0.662. The largest absolute Gasteiger partial charge is 0.281 e. The van der Waals surface area contributed by atoms with Gasteiger partial charge in [0.15, 0.2) is 0 Å². The minimum Gasteiger partial charge on any atom is -0.266 e. The smallest absolute Gasteiger partial charge is 0.266 e. The fraction of sp³-hybridized carbons (Fsp3) is 0.368. The molecule has 0 saturated heterocycles. The molecule has 3 nitrogen and oxygen atoms in total. The van der Waals surface area contributed by atoms with Crippen molar-refractivity contribution < 1.29 is 4.79 Å². The summed E-state index contributed by atoms with van der Waals surface area (Å²) in [7, 11) is 0. The van der Waals surface area contributed by atoms with E-state index in [9.17, 15) is 4.79 Å². The molecule has 1 amide bonds. The summed E-state index contributed by atoms with van der Waals surface area (Å²) in [4.78, 5) is 14.5. The second-order valence-corrected chi connectivity index (χ2v) is 7.55. The molecule has 1 aromatic heterocycles. The van der Waals surface area contributed by atoms with Crippen molar-refractivity contribution >= 4 is 23.0 Å². The topological polar surface area (TPSA) is 41.5 Å². The Morgan fingerprint density at radius 3 is 2.78 bits per heavy atom. The van der Waals surface area contributed by atoms with Crippen LogP contribution in [-0.4, -0.2) is 11.6 Å². The molecule has 0 saturated carbocycles. The van der Waals surface area contributed by atoms with Gasteiger partial charge in [0.2, 0.25) is 0 Å². The highest BCUT2D eigenvalue weighted by Gasteiger charge is 2.20. The van der Waals surface area contributed by atoms with E-state index in [2.05, 4.69) is 24.4 Å². The lowest BCUT2D eigenvalue weighted by atomic mass is 9.90. The van der Waals surface area contributed by atoms with Gasteiger partial charge in [0.25, 0.3) is 5.91 Å². The summed E-state index contributed by atoms with van der Waals surface area (Å²) in [6, 6.07) is 10.2. The third kappa shape index (κ3) is 3.70. The molecule has 0 radical (unpaired) electrons. The summed E-state index contributed by atoms with van der Waals surface area (Å²) in [6.45, 7) is 6.24. The number of nitrogens with zero attached hydrogens (tertiary/aromatic N) is 1. The molecule has 23 heavy (non-hydrogen) atoms. The van der Waals surface area contributed by atoms with Gasteiger partial charge in [-0.2, -0.15) is 5.10 Å². The zero-order chi connectivity index (χ0) is 16.4. The minimum absolute atomic E-state index is 0.108. The van der Waals surface area contributed by atoms with Crippen LogP contribution in [0.25, 0.3) is 0 Å². The Morgan fingerprint density at radius 1 is 1.30 bits per heavy atom. The van der Waals surface area contributed by atoms with Crippen molar-refractivity contribution in [2.75, 3.05) is 0 Å². The first-order valence-corrected chi connectivity index (χ1v) is 8.88. The number of thiophene rings is 1. The third-order valence-corrected chi connectivity index (χ3v) is 5.58. The van der Waals surface area contributed by atoms with Crippen molar-refractivity contribution in [2.45, 2.75) is 40.0 Å². The highest BCUT2D eigenvalue weighted by atomic mass is 32.1. The molecule has 1 aliphatic carbocycles. The van der Waals surface area contributed by atoms with Crippen molar-refractivity contribution in [1.82, 2.24) is 5.43 Å². The maximum Gasteiger partial charge on any atom is 0.281 e. The fourth-order valence-electron chi connectivity index (χ4n) is 2.87. The Kier molecular flexibility index (Phi) is 4.62. The highest BCUT2D eigenvalue weighted by molar-refractivity contribution is 7.14. The number of nitrogens with one attached hydrogen (secondary N) is 1. The lowest BCUT2D eigenvalue weighted by Crippen LogP contribution is -2.18. The Labute approximate surface area is 141 Å². The summed E-state index contributed by atoms with van der Waals surface area (Å²) >= 11 is 1.61. The van der Waals surface area contributed by atoms with E-state index in [1.165, 1.54) is 22.4 Å². The van der Waals surface area contributed by atoms with E-state index in [4.69, 9.17) is 0 Å². The Hall–Kier alpha value is -1.94. The van der Waals surface area contributed by atoms with Crippen LogP contribution in [0.3, 0.4) is 0 Å². The monoisotopic (exact) mass is 326 g/mol. The molecule has 1 N–H and O–H groups in total. The number of carbonyl (C=O) groups is 1. The zero-order valence-corrected chi connectivity index (χ0v) is 14.7. The number of hydrazone groups is 1. The van der Waals surface area contributed by atoms with Gasteiger partial charge >= 0.3 is 0 Å². The molecule has 1 aromatic carbocycles. The molecule has 3 rings (SSSR count). The van der Waals surface area contributed by atoms with E-state index in [-0.39, 0.29) is 5.91 Å². The first-order chi connectivity index (χ1) is 11.0. The SMILES string of the molecule is C/C(=N/NC(=O)c1cc2c(s1)CC[C@H](C)C2)c1ccc(C)cc1. The average molecular weight is 326 g/mol. The van der Waals surface area contributed by atoms with Gasteiger partial charge in [-0.3, -0.25) is 4.79 Å². The summed E-state index contributed by atoms with van der Waals surface area (Å²) < 4.78 is 0. The number of carbonyl (C=O) groups excluding carboxylic acids is 1. The number of fused-ring (bicyclic) bond motifs is 1. The van der Waals surface area contributed by atoms with E-state index in [1.807, 2.05) is 37.3 Å². The minimum atomic E-state index is -0.108. The molecular formula is C19H22N2OS. The molecule has 2 aromatic rings. The molecule has 0 spiro atoms. The van der Waals surface area contributed by atoms with Crippen molar-refractivity contribution in [2.24, 2.45) is 11.0 Å². The van der Waals surface area contributed by atoms with Gasteiger partial charge in [-0.05, 0) is 56.2 Å². The van der Waals surface area contributed by atoms with Gasteiger partial charge in [0.1, 0.15) is 0 Å². The number of rotatable bonds is 3. The van der Waals surface area contributed by atoms with Gasteiger partial charge in [0.05, 0.1) is 10.6 Å². The number of amides is 1. The first-order valence-electron chi connectivity index (χ1n) is 8.06. The van der Waals surface area contributed by atoms with E-state index >= 15 is 0 Å². The number of hydrogen-bond donors (Lipinski definition) is 1. The predicted octanol–water partition coefficient (Wildman–Crippen LogP) is 4.34. The van der Waals surface area contributed by atoms with Crippen LogP contribution in [0.1, 0.15) is 51.5 Å². The average Bonchev–Trinajstić information content (AvgIpc) is 2.96. The molecule has 1 heterocycles. The van der Waals surface area contributed by atoms with Gasteiger partial charge in [-0.25, -0.2) is 5.43 Å². The second-order valence-electron chi connectivity index (χ2n) is 6.41. The molecule has 120 valence electrons. The Morgan fingerprint density at radius 2 is 2.04 bits per heavy atom. The van der Waals surface area contributed by atoms with Gasteiger partial charge in [0, 0.05) is 4.88 Å². The summed E-state index contributed by atoms with van der Waals surface area (Å²) in [5.41, 5.74) is 7.09. The first kappa shape index (κ1) is 15.9. The van der Waals surface area contributed by atoms with Gasteiger partial charge in [-0.15, -0.1) is 11.3 Å². The van der Waals surface area contributed by atoms with Gasteiger partial charge < -0.3 is 0 Å². The van der Waals surface area contributed by atoms with E-state index < -0.39 is 0 Å². The van der Waals surface area contributed by atoms with Crippen LogP contribution in [0.15, 0.2) is 35.4 Å². The molecule has 1 aliphatic rings. The number of aryl methyl sites for hydroxylation is 2. The number of hydrogen-bond acceptors (Lipinski definition) is 3. The lowest BCUT2D eigenvalue weighted by molar-refractivity contribution is 0.0959. The molecule has 1 atom stereocenters. The van der Waals surface area contributed by atoms with Crippen molar-refractivity contribution in [3.8, 4) is 0 Å². The predicted molar refractivity (Wildman–Crippen MR) is 96.4 cm³/mol. The van der Waals surface area contributed by atoms with Crippen LogP contribution >= 0.6 is 11.3 Å². The van der Waals surface area contributed by atoms with Crippen LogP contribution in [0.4, 0.5) is 0 Å². The summed E-state index contributed by atoms with van der Waals surface area (Å²) in [6.07, 6.45) is 3.41. The van der Waals surface area contributed by atoms with Crippen LogP contribution < -0.4 is 5.43 Å². The van der Waals surface area contributed by atoms with Crippen LogP contribution in [0.2, 0.25) is 0 Å². The Balaban J connectivity index is 1.69. The summed E-state index contributed by atoms with van der Waals surface area (Å²) in [5.74, 6) is 0.610. The third-order valence-electron chi connectivity index (χ3n) is 4.35. The van der Waals surface area contributed by atoms with Crippen LogP contribution in [0.5, 0.6) is 0 Å². The van der Waals surface area contributed by atoms with E-state index in [1.54, 1.807) is 11.3 Å². The van der Waals surface area contributed by atoms with Crippen molar-refractivity contribution in [1.29, 1.82) is 0 Å². The summed E-state index contributed by atoms with van der Waals surface area (Å²) in [5, 5.41) is 4.25. The van der Waals surface area contributed by atoms with E-state index in [0.717, 1.165) is 34.9 Å². The molecular weight excluding hydrogens is 304 g/mol. The van der Waals surface area contributed by atoms with Crippen molar-refractivity contribution in [3.63, 3.8) is 0 Å². The second kappa shape index (κ2) is 6.67. The molecule has 0 unspecified atom stereocenters. The molecule has 0 aliphatic heterocycles. The Bertz CT molecular complexity index is 743. The van der Waals surface area contributed by atoms with Crippen molar-refractivity contribution in [3.05, 3.63) is 56.8 Å². The zero-order valence-electron chi connectivity index (χ0n) is 13.8. The normalized spacial score (nSPS) is 17.7. The highest BCUT2D eigenvalue weighted by Crippen LogP contribution is 2.32. The maximum absolute atomic E-state index is 12.3. The fourth-order valence-corrected chi connectivity index (χ4v) is 3.96. The maximum atomic E-state index is 12.3. The van der Waals surface area contributed by atoms with Crippen LogP contribution in [-0.2, 0) is 12.8 Å². The van der Waals surface area contributed by atoms with Crippen LogP contribution in [0, 0.1) is 12.8 Å². The molecule has 0 fully saturated rings.